The summed E-state index contributed by atoms with van der Waals surface area (Å²) in [5.41, 5.74) is -0.217. The third-order valence-corrected chi connectivity index (χ3v) is 4.85. The summed E-state index contributed by atoms with van der Waals surface area (Å²) < 4.78 is 37.2. The maximum absolute atomic E-state index is 13.9. The van der Waals surface area contributed by atoms with Crippen molar-refractivity contribution in [2.75, 3.05) is 6.26 Å². The summed E-state index contributed by atoms with van der Waals surface area (Å²) in [7, 11) is -3.40. The van der Waals surface area contributed by atoms with Gasteiger partial charge in [-0.15, -0.1) is 0 Å². The predicted octanol–water partition coefficient (Wildman–Crippen LogP) is 3.32. The Bertz CT molecular complexity index is 1070. The predicted molar refractivity (Wildman–Crippen MR) is 88.6 cm³/mol. The lowest BCUT2D eigenvalue weighted by Crippen LogP contribution is -2.06. The van der Waals surface area contributed by atoms with Gasteiger partial charge >= 0.3 is 0 Å². The Morgan fingerprint density at radius 3 is 2.42 bits per heavy atom. The minimum atomic E-state index is -3.40. The van der Waals surface area contributed by atoms with Gasteiger partial charge in [0.15, 0.2) is 15.6 Å². The minimum Gasteiger partial charge on any atom is -0.507 e. The molecule has 0 saturated carbocycles. The first-order valence-electron chi connectivity index (χ1n) is 7.04. The highest BCUT2D eigenvalue weighted by atomic mass is 32.2. The second-order valence-corrected chi connectivity index (χ2v) is 7.44. The summed E-state index contributed by atoms with van der Waals surface area (Å²) in [5.74, 6) is -1.64. The average Bonchev–Trinajstić information content (AvgIpc) is 2.53. The van der Waals surface area contributed by atoms with Crippen LogP contribution in [-0.4, -0.2) is 25.6 Å². The molecule has 1 N–H and O–H groups in total. The molecule has 3 aromatic carbocycles. The van der Waals surface area contributed by atoms with E-state index >= 15 is 0 Å². The minimum absolute atomic E-state index is 0.0577. The largest absolute Gasteiger partial charge is 0.507 e. The number of carbonyl (C=O) groups is 1. The van der Waals surface area contributed by atoms with Crippen LogP contribution < -0.4 is 0 Å². The van der Waals surface area contributed by atoms with Crippen molar-refractivity contribution in [2.45, 2.75) is 4.90 Å². The molecule has 6 heteroatoms. The van der Waals surface area contributed by atoms with E-state index in [9.17, 15) is 22.7 Å². The maximum Gasteiger partial charge on any atom is 0.200 e. The van der Waals surface area contributed by atoms with E-state index in [1.54, 1.807) is 0 Å². The molecule has 0 spiro atoms. The van der Waals surface area contributed by atoms with E-state index in [-0.39, 0.29) is 21.8 Å². The van der Waals surface area contributed by atoms with Crippen LogP contribution in [0.5, 0.6) is 5.75 Å². The highest BCUT2D eigenvalue weighted by Gasteiger charge is 2.20. The van der Waals surface area contributed by atoms with Crippen molar-refractivity contribution < 1.29 is 22.7 Å². The van der Waals surface area contributed by atoms with Gasteiger partial charge in [0.25, 0.3) is 0 Å². The quantitative estimate of drug-likeness (QED) is 0.740. The fourth-order valence-corrected chi connectivity index (χ4v) is 3.20. The van der Waals surface area contributed by atoms with Crippen LogP contribution in [-0.2, 0) is 9.84 Å². The molecule has 0 atom stereocenters. The summed E-state index contributed by atoms with van der Waals surface area (Å²) >= 11 is 0. The molecule has 0 fully saturated rings. The third kappa shape index (κ3) is 2.76. The van der Waals surface area contributed by atoms with Crippen molar-refractivity contribution in [2.24, 2.45) is 0 Å². The lowest BCUT2D eigenvalue weighted by atomic mass is 9.96. The van der Waals surface area contributed by atoms with E-state index in [0.29, 0.717) is 10.8 Å². The fraction of sp³-hybridized carbons (Fsp3) is 0.0556. The molecule has 3 aromatic rings. The van der Waals surface area contributed by atoms with Crippen molar-refractivity contribution in [3.8, 4) is 5.75 Å². The molecule has 24 heavy (non-hydrogen) atoms. The number of phenolic OH excluding ortho intramolecular Hbond substituents is 1. The smallest absolute Gasteiger partial charge is 0.200 e. The van der Waals surface area contributed by atoms with Gasteiger partial charge in [0.05, 0.1) is 16.0 Å². The van der Waals surface area contributed by atoms with E-state index in [1.165, 1.54) is 48.5 Å². The summed E-state index contributed by atoms with van der Waals surface area (Å²) in [6.45, 7) is 0. The highest BCUT2D eigenvalue weighted by Crippen LogP contribution is 2.31. The van der Waals surface area contributed by atoms with Gasteiger partial charge in [-0.3, -0.25) is 4.79 Å². The Kier molecular flexibility index (Phi) is 3.85. The van der Waals surface area contributed by atoms with Crippen molar-refractivity contribution >= 4 is 26.4 Å². The van der Waals surface area contributed by atoms with Gasteiger partial charge in [0.1, 0.15) is 11.6 Å². The number of sulfone groups is 1. The van der Waals surface area contributed by atoms with E-state index < -0.39 is 21.4 Å². The first-order chi connectivity index (χ1) is 11.3. The van der Waals surface area contributed by atoms with E-state index in [4.69, 9.17) is 0 Å². The maximum atomic E-state index is 13.9. The molecule has 0 radical (unpaired) electrons. The standard InChI is InChI=1S/C18H13FO4S/c1-24(22,23)12-7-8-13-11(10-12)6-9-16(20)17(13)18(21)14-4-2-3-5-15(14)19/h2-10,20H,1H3. The van der Waals surface area contributed by atoms with Crippen molar-refractivity contribution in [1.82, 2.24) is 0 Å². The van der Waals surface area contributed by atoms with Gasteiger partial charge in [-0.1, -0.05) is 24.3 Å². The zero-order valence-electron chi connectivity index (χ0n) is 12.7. The first-order valence-corrected chi connectivity index (χ1v) is 8.93. The molecular weight excluding hydrogens is 331 g/mol. The van der Waals surface area contributed by atoms with Gasteiger partial charge in [-0.2, -0.15) is 0 Å². The Morgan fingerprint density at radius 2 is 1.75 bits per heavy atom. The number of carbonyl (C=O) groups excluding carboxylic acids is 1. The summed E-state index contributed by atoms with van der Waals surface area (Å²) in [6, 6.07) is 12.5. The fourth-order valence-electron chi connectivity index (χ4n) is 2.55. The topological polar surface area (TPSA) is 71.4 Å². The van der Waals surface area contributed by atoms with Gasteiger partial charge in [0.2, 0.25) is 0 Å². The SMILES string of the molecule is CS(=O)(=O)c1ccc2c(C(=O)c3ccccc3F)c(O)ccc2c1. The highest BCUT2D eigenvalue weighted by molar-refractivity contribution is 7.90. The van der Waals surface area contributed by atoms with Crippen LogP contribution in [0.25, 0.3) is 10.8 Å². The number of hydrogen-bond acceptors (Lipinski definition) is 4. The van der Waals surface area contributed by atoms with Crippen LogP contribution in [0.3, 0.4) is 0 Å². The van der Waals surface area contributed by atoms with Crippen molar-refractivity contribution in [3.63, 3.8) is 0 Å². The van der Waals surface area contributed by atoms with Crippen molar-refractivity contribution in [1.29, 1.82) is 0 Å². The zero-order valence-corrected chi connectivity index (χ0v) is 13.5. The number of rotatable bonds is 3. The van der Waals surface area contributed by atoms with E-state index in [1.807, 2.05) is 0 Å². The Morgan fingerprint density at radius 1 is 1.04 bits per heavy atom. The molecule has 0 aromatic heterocycles. The summed E-state index contributed by atoms with van der Waals surface area (Å²) in [6.07, 6.45) is 1.08. The molecule has 0 amide bonds. The Balaban J connectivity index is 2.26. The number of fused-ring (bicyclic) bond motifs is 1. The average molecular weight is 344 g/mol. The molecule has 122 valence electrons. The van der Waals surface area contributed by atoms with Gasteiger partial charge < -0.3 is 5.11 Å². The lowest BCUT2D eigenvalue weighted by Gasteiger charge is -2.10. The molecule has 0 aliphatic heterocycles. The molecule has 3 rings (SSSR count). The van der Waals surface area contributed by atoms with E-state index in [2.05, 4.69) is 0 Å². The lowest BCUT2D eigenvalue weighted by molar-refractivity contribution is 0.103. The van der Waals surface area contributed by atoms with Crippen LogP contribution in [0.15, 0.2) is 59.5 Å². The summed E-state index contributed by atoms with van der Waals surface area (Å²) in [5, 5.41) is 10.9. The van der Waals surface area contributed by atoms with Crippen LogP contribution in [0.2, 0.25) is 0 Å². The molecule has 0 unspecified atom stereocenters. The number of hydrogen-bond donors (Lipinski definition) is 1. The second-order valence-electron chi connectivity index (χ2n) is 5.42. The Labute approximate surface area is 138 Å². The second kappa shape index (κ2) is 5.72. The molecular formula is C18H13FO4S. The van der Waals surface area contributed by atoms with Crippen LogP contribution in [0.1, 0.15) is 15.9 Å². The summed E-state index contributed by atoms with van der Waals surface area (Å²) in [4.78, 5) is 12.8. The zero-order chi connectivity index (χ0) is 17.5. The molecule has 0 saturated heterocycles. The van der Waals surface area contributed by atoms with Gasteiger partial charge in [-0.25, -0.2) is 12.8 Å². The molecule has 0 bridgehead atoms. The number of phenols is 1. The van der Waals surface area contributed by atoms with Crippen LogP contribution in [0, 0.1) is 5.82 Å². The van der Waals surface area contributed by atoms with Gasteiger partial charge in [0, 0.05) is 6.26 Å². The monoisotopic (exact) mass is 344 g/mol. The first kappa shape index (κ1) is 16.1. The normalized spacial score (nSPS) is 11.6. The molecule has 0 aliphatic rings. The molecule has 0 aliphatic carbocycles. The molecule has 0 heterocycles. The van der Waals surface area contributed by atoms with Crippen LogP contribution in [0.4, 0.5) is 4.39 Å². The number of halogens is 1. The Hall–Kier alpha value is -2.73. The third-order valence-electron chi connectivity index (χ3n) is 3.74. The van der Waals surface area contributed by atoms with Crippen molar-refractivity contribution in [3.05, 3.63) is 71.5 Å². The molecule has 4 nitrogen and oxygen atoms in total. The van der Waals surface area contributed by atoms with Crippen LogP contribution >= 0.6 is 0 Å². The van der Waals surface area contributed by atoms with Gasteiger partial charge in [-0.05, 0) is 41.1 Å². The number of aromatic hydroxyl groups is 1. The number of benzene rings is 3. The van der Waals surface area contributed by atoms with E-state index in [0.717, 1.165) is 12.3 Å². The number of ketones is 1.